The molecule has 7 heteroatoms. The third kappa shape index (κ3) is 3.99. The van der Waals surface area contributed by atoms with Crippen LogP contribution in [0.15, 0.2) is 24.3 Å². The minimum absolute atomic E-state index is 0.0475. The number of carboxylic acid groups (broad SMARTS) is 1. The third-order valence-electron chi connectivity index (χ3n) is 3.87. The Morgan fingerprint density at radius 3 is 2.23 bits per heavy atom. The molecule has 22 heavy (non-hydrogen) atoms. The van der Waals surface area contributed by atoms with Gasteiger partial charge < -0.3 is 10.4 Å². The minimum atomic E-state index is -4.23. The third-order valence-corrected chi connectivity index (χ3v) is 3.87. The van der Waals surface area contributed by atoms with Crippen molar-refractivity contribution in [3.05, 3.63) is 35.4 Å². The average Bonchev–Trinajstić information content (AvgIpc) is 2.46. The van der Waals surface area contributed by atoms with Crippen LogP contribution in [0.1, 0.15) is 46.4 Å². The van der Waals surface area contributed by atoms with Crippen LogP contribution in [-0.2, 0) is 0 Å². The summed E-state index contributed by atoms with van der Waals surface area (Å²) in [7, 11) is 0. The fourth-order valence-corrected chi connectivity index (χ4v) is 2.65. The molecule has 2 atom stereocenters. The number of carboxylic acids is 1. The number of carbonyl (C=O) groups excluding carboxylic acids is 1. The number of hydrogen-bond acceptors (Lipinski definition) is 2. The van der Waals surface area contributed by atoms with Crippen molar-refractivity contribution in [2.75, 3.05) is 0 Å². The number of aromatic carboxylic acids is 1. The van der Waals surface area contributed by atoms with Crippen LogP contribution >= 0.6 is 0 Å². The van der Waals surface area contributed by atoms with E-state index in [0.717, 1.165) is 0 Å². The van der Waals surface area contributed by atoms with Crippen LogP contribution in [0.2, 0.25) is 0 Å². The van der Waals surface area contributed by atoms with E-state index in [1.807, 2.05) is 0 Å². The van der Waals surface area contributed by atoms with Gasteiger partial charge in [0, 0.05) is 11.6 Å². The molecule has 0 unspecified atom stereocenters. The van der Waals surface area contributed by atoms with Gasteiger partial charge in [-0.1, -0.05) is 6.42 Å². The molecule has 120 valence electrons. The van der Waals surface area contributed by atoms with Gasteiger partial charge in [-0.15, -0.1) is 0 Å². The molecule has 1 aliphatic carbocycles. The predicted octanol–water partition coefficient (Wildman–Crippen LogP) is 3.24. The molecular formula is C15H16F3NO3. The Labute approximate surface area is 125 Å². The summed E-state index contributed by atoms with van der Waals surface area (Å²) >= 11 is 0. The molecule has 1 fully saturated rings. The van der Waals surface area contributed by atoms with Crippen molar-refractivity contribution in [3.8, 4) is 0 Å². The fourth-order valence-electron chi connectivity index (χ4n) is 2.65. The quantitative estimate of drug-likeness (QED) is 0.900. The Hall–Kier alpha value is -2.05. The van der Waals surface area contributed by atoms with Crippen LogP contribution in [-0.4, -0.2) is 29.2 Å². The van der Waals surface area contributed by atoms with Gasteiger partial charge in [0.1, 0.15) is 0 Å². The monoisotopic (exact) mass is 315 g/mol. The molecule has 0 aromatic heterocycles. The van der Waals surface area contributed by atoms with E-state index in [2.05, 4.69) is 5.32 Å². The Kier molecular flexibility index (Phi) is 4.73. The first-order valence-corrected chi connectivity index (χ1v) is 6.98. The summed E-state index contributed by atoms with van der Waals surface area (Å²) in [5, 5.41) is 11.4. The lowest BCUT2D eigenvalue weighted by Gasteiger charge is -2.31. The number of nitrogens with one attached hydrogen (secondary N) is 1. The maximum absolute atomic E-state index is 12.7. The Balaban J connectivity index is 1.98. The summed E-state index contributed by atoms with van der Waals surface area (Å²) in [5.74, 6) is -2.96. The van der Waals surface area contributed by atoms with E-state index in [1.54, 1.807) is 0 Å². The average molecular weight is 315 g/mol. The van der Waals surface area contributed by atoms with E-state index in [1.165, 1.54) is 24.3 Å². The van der Waals surface area contributed by atoms with Gasteiger partial charge in [-0.05, 0) is 43.5 Å². The number of carbonyl (C=O) groups is 2. The molecule has 1 amide bonds. The van der Waals surface area contributed by atoms with Gasteiger partial charge in [-0.3, -0.25) is 4.79 Å². The van der Waals surface area contributed by atoms with Crippen LogP contribution in [0, 0.1) is 5.92 Å². The van der Waals surface area contributed by atoms with Crippen molar-refractivity contribution < 1.29 is 27.9 Å². The molecule has 4 nitrogen and oxygen atoms in total. The smallest absolute Gasteiger partial charge is 0.391 e. The highest BCUT2D eigenvalue weighted by molar-refractivity contribution is 5.96. The van der Waals surface area contributed by atoms with Crippen LogP contribution in [0.5, 0.6) is 0 Å². The van der Waals surface area contributed by atoms with Gasteiger partial charge in [-0.2, -0.15) is 13.2 Å². The first kappa shape index (κ1) is 16.3. The standard InChI is InChI=1S/C15H16F3NO3/c16-15(17,18)11-2-1-3-12(8-11)19-13(20)9-4-6-10(7-5-9)14(21)22/h4-7,11-12H,1-3,8H2,(H,19,20)(H,21,22)/t11-,12+/m1/s1. The molecule has 0 bridgehead atoms. The highest BCUT2D eigenvalue weighted by Crippen LogP contribution is 2.37. The number of alkyl halides is 3. The van der Waals surface area contributed by atoms with Crippen molar-refractivity contribution >= 4 is 11.9 Å². The van der Waals surface area contributed by atoms with E-state index in [-0.39, 0.29) is 24.0 Å². The first-order chi connectivity index (χ1) is 10.3. The van der Waals surface area contributed by atoms with Crippen molar-refractivity contribution in [3.63, 3.8) is 0 Å². The van der Waals surface area contributed by atoms with E-state index in [4.69, 9.17) is 5.11 Å². The summed E-state index contributed by atoms with van der Waals surface area (Å²) in [6.07, 6.45) is -3.29. The molecule has 1 saturated carbocycles. The molecule has 1 aromatic carbocycles. The second-order valence-corrected chi connectivity index (χ2v) is 5.46. The lowest BCUT2D eigenvalue weighted by Crippen LogP contribution is -2.41. The lowest BCUT2D eigenvalue weighted by atomic mass is 9.85. The van der Waals surface area contributed by atoms with Crippen molar-refractivity contribution in [1.82, 2.24) is 5.32 Å². The fraction of sp³-hybridized carbons (Fsp3) is 0.467. The molecule has 2 N–H and O–H groups in total. The Morgan fingerprint density at radius 2 is 1.68 bits per heavy atom. The number of hydrogen-bond donors (Lipinski definition) is 2. The number of benzene rings is 1. The van der Waals surface area contributed by atoms with Gasteiger partial charge in [0.05, 0.1) is 11.5 Å². The molecule has 1 aliphatic rings. The predicted molar refractivity (Wildman–Crippen MR) is 72.7 cm³/mol. The zero-order valence-electron chi connectivity index (χ0n) is 11.7. The van der Waals surface area contributed by atoms with E-state index >= 15 is 0 Å². The first-order valence-electron chi connectivity index (χ1n) is 6.98. The van der Waals surface area contributed by atoms with Crippen molar-refractivity contribution in [2.24, 2.45) is 5.92 Å². The summed E-state index contributed by atoms with van der Waals surface area (Å²) in [6, 6.07) is 4.77. The van der Waals surface area contributed by atoms with Crippen molar-refractivity contribution in [1.29, 1.82) is 0 Å². The molecule has 0 radical (unpaired) electrons. The molecule has 0 aliphatic heterocycles. The largest absolute Gasteiger partial charge is 0.478 e. The van der Waals surface area contributed by atoms with Gasteiger partial charge in [-0.25, -0.2) is 4.79 Å². The molecule has 1 aromatic rings. The second kappa shape index (κ2) is 6.37. The van der Waals surface area contributed by atoms with Gasteiger partial charge in [0.2, 0.25) is 0 Å². The van der Waals surface area contributed by atoms with Crippen LogP contribution in [0.25, 0.3) is 0 Å². The number of halogens is 3. The molecule has 2 rings (SSSR count). The summed E-state index contributed by atoms with van der Waals surface area (Å²) < 4.78 is 38.2. The second-order valence-electron chi connectivity index (χ2n) is 5.46. The van der Waals surface area contributed by atoms with E-state index in [0.29, 0.717) is 12.8 Å². The summed E-state index contributed by atoms with van der Waals surface area (Å²) in [4.78, 5) is 22.7. The molecule has 0 heterocycles. The zero-order chi connectivity index (χ0) is 16.3. The Morgan fingerprint density at radius 1 is 1.09 bits per heavy atom. The van der Waals surface area contributed by atoms with Crippen LogP contribution < -0.4 is 5.32 Å². The highest BCUT2D eigenvalue weighted by Gasteiger charge is 2.42. The highest BCUT2D eigenvalue weighted by atomic mass is 19.4. The van der Waals surface area contributed by atoms with E-state index in [9.17, 15) is 22.8 Å². The molecule has 0 spiro atoms. The number of rotatable bonds is 3. The minimum Gasteiger partial charge on any atom is -0.478 e. The van der Waals surface area contributed by atoms with Crippen molar-refractivity contribution in [2.45, 2.75) is 37.9 Å². The van der Waals surface area contributed by atoms with Gasteiger partial charge >= 0.3 is 12.1 Å². The van der Waals surface area contributed by atoms with Crippen LogP contribution in [0.4, 0.5) is 13.2 Å². The van der Waals surface area contributed by atoms with Crippen LogP contribution in [0.3, 0.4) is 0 Å². The normalized spacial score (nSPS) is 22.1. The SMILES string of the molecule is O=C(O)c1ccc(C(=O)N[C@H]2CCC[C@@H](C(F)(F)F)C2)cc1. The molecular weight excluding hydrogens is 299 g/mol. The summed E-state index contributed by atoms with van der Waals surface area (Å²) in [5.41, 5.74) is 0.283. The maximum Gasteiger partial charge on any atom is 0.391 e. The maximum atomic E-state index is 12.7. The van der Waals surface area contributed by atoms with Gasteiger partial charge in [0.25, 0.3) is 5.91 Å². The number of amides is 1. The lowest BCUT2D eigenvalue weighted by molar-refractivity contribution is -0.183. The Bertz CT molecular complexity index is 554. The molecule has 0 saturated heterocycles. The van der Waals surface area contributed by atoms with E-state index < -0.39 is 30.0 Å². The summed E-state index contributed by atoms with van der Waals surface area (Å²) in [6.45, 7) is 0. The van der Waals surface area contributed by atoms with Gasteiger partial charge in [0.15, 0.2) is 0 Å². The topological polar surface area (TPSA) is 66.4 Å². The zero-order valence-corrected chi connectivity index (χ0v) is 11.7.